The van der Waals surface area contributed by atoms with Crippen molar-refractivity contribution in [1.82, 2.24) is 15.2 Å². The summed E-state index contributed by atoms with van der Waals surface area (Å²) >= 11 is 0. The Labute approximate surface area is 199 Å². The van der Waals surface area contributed by atoms with E-state index in [1.807, 2.05) is 0 Å². The maximum absolute atomic E-state index is 13.1. The van der Waals surface area contributed by atoms with Gasteiger partial charge in [0.15, 0.2) is 5.96 Å². The molecule has 2 atom stereocenters. The van der Waals surface area contributed by atoms with E-state index in [0.29, 0.717) is 25.5 Å². The van der Waals surface area contributed by atoms with Gasteiger partial charge in [0.05, 0.1) is 18.4 Å². The number of ether oxygens (including phenoxy) is 2. The van der Waals surface area contributed by atoms with Crippen LogP contribution < -0.4 is 5.32 Å². The Bertz CT molecular complexity index is 840. The Kier molecular flexibility index (Phi) is 9.09. The molecule has 4 rings (SSSR count). The fourth-order valence-electron chi connectivity index (χ4n) is 3.84. The Morgan fingerprint density at radius 2 is 2.03 bits per heavy atom. The molecule has 0 saturated carbocycles. The molecule has 2 aromatic rings. The summed E-state index contributed by atoms with van der Waals surface area (Å²) in [5.74, 6) is 1.11. The van der Waals surface area contributed by atoms with Gasteiger partial charge in [-0.2, -0.15) is 0 Å². The van der Waals surface area contributed by atoms with Crippen molar-refractivity contribution < 1.29 is 18.3 Å². The third-order valence-corrected chi connectivity index (χ3v) is 5.38. The number of nitrogens with one attached hydrogen (secondary N) is 1. The first-order valence-electron chi connectivity index (χ1n) is 10.7. The molecule has 31 heavy (non-hydrogen) atoms. The minimum Gasteiger partial charge on any atom is -0.444 e. The second-order valence-electron chi connectivity index (χ2n) is 7.54. The highest BCUT2D eigenvalue weighted by molar-refractivity contribution is 14.0. The van der Waals surface area contributed by atoms with Crippen LogP contribution in [0.4, 0.5) is 4.39 Å². The number of aliphatic imine (C=N–C) groups is 1. The first-order chi connectivity index (χ1) is 14.7. The lowest BCUT2D eigenvalue weighted by atomic mass is 10.1. The molecule has 0 radical (unpaired) electrons. The highest BCUT2D eigenvalue weighted by Crippen LogP contribution is 2.21. The molecule has 2 aliphatic heterocycles. The summed E-state index contributed by atoms with van der Waals surface area (Å²) in [4.78, 5) is 11.5. The van der Waals surface area contributed by atoms with Gasteiger partial charge in [0.1, 0.15) is 18.2 Å². The molecule has 170 valence electrons. The number of nitrogens with zero attached hydrogens (tertiary/aromatic N) is 3. The van der Waals surface area contributed by atoms with Gasteiger partial charge in [-0.3, -0.25) is 4.99 Å². The van der Waals surface area contributed by atoms with Crippen molar-refractivity contribution in [3.63, 3.8) is 0 Å². The van der Waals surface area contributed by atoms with E-state index >= 15 is 0 Å². The summed E-state index contributed by atoms with van der Waals surface area (Å²) < 4.78 is 30.4. The molecule has 1 aromatic heterocycles. The highest BCUT2D eigenvalue weighted by atomic mass is 127. The van der Waals surface area contributed by atoms with Gasteiger partial charge in [-0.05, 0) is 44.0 Å². The van der Waals surface area contributed by atoms with Crippen molar-refractivity contribution in [1.29, 1.82) is 0 Å². The van der Waals surface area contributed by atoms with Crippen molar-refractivity contribution in [3.8, 4) is 11.5 Å². The molecule has 0 aliphatic carbocycles. The standard InChI is InChI=1S/C22H29FN4O3.HI/c1-2-24-22(27-11-13-29-20(14-27)19-4-3-12-28-19)25-10-9-18-15-30-21(26-18)16-5-7-17(23)8-6-16;/h5-8,15,19-20H,2-4,9-14H2,1H3,(H,24,25);1H. The van der Waals surface area contributed by atoms with Crippen molar-refractivity contribution in [2.45, 2.75) is 38.4 Å². The number of hydrogen-bond donors (Lipinski definition) is 1. The van der Waals surface area contributed by atoms with Crippen LogP contribution in [-0.2, 0) is 15.9 Å². The monoisotopic (exact) mass is 544 g/mol. The smallest absolute Gasteiger partial charge is 0.226 e. The first-order valence-corrected chi connectivity index (χ1v) is 10.7. The molecule has 1 aromatic carbocycles. The second-order valence-corrected chi connectivity index (χ2v) is 7.54. The van der Waals surface area contributed by atoms with E-state index in [2.05, 4.69) is 22.1 Å². The molecule has 2 fully saturated rings. The predicted molar refractivity (Wildman–Crippen MR) is 127 cm³/mol. The molecular formula is C22H30FIN4O3. The molecule has 0 bridgehead atoms. The van der Waals surface area contributed by atoms with Crippen molar-refractivity contribution in [3.05, 3.63) is 42.0 Å². The molecule has 0 spiro atoms. The number of rotatable bonds is 6. The van der Waals surface area contributed by atoms with Crippen LogP contribution in [0.5, 0.6) is 0 Å². The Balaban J connectivity index is 0.00000272. The lowest BCUT2D eigenvalue weighted by Gasteiger charge is -2.37. The lowest BCUT2D eigenvalue weighted by molar-refractivity contribution is -0.0817. The predicted octanol–water partition coefficient (Wildman–Crippen LogP) is 3.49. The molecule has 2 saturated heterocycles. The lowest BCUT2D eigenvalue weighted by Crippen LogP contribution is -2.53. The number of morpholine rings is 1. The number of aromatic nitrogens is 1. The van der Waals surface area contributed by atoms with E-state index in [9.17, 15) is 4.39 Å². The topological polar surface area (TPSA) is 72.1 Å². The van der Waals surface area contributed by atoms with E-state index in [0.717, 1.165) is 56.3 Å². The molecule has 2 unspecified atom stereocenters. The maximum atomic E-state index is 13.1. The second kappa shape index (κ2) is 11.8. The van der Waals surface area contributed by atoms with Crippen LogP contribution in [0.25, 0.3) is 11.5 Å². The number of benzene rings is 1. The molecule has 0 amide bonds. The van der Waals surface area contributed by atoms with Crippen LogP contribution in [0.1, 0.15) is 25.5 Å². The zero-order valence-corrected chi connectivity index (χ0v) is 20.1. The SMILES string of the molecule is CCNC(=NCCc1coc(-c2ccc(F)cc2)n1)N1CCOC(C2CCCO2)C1.I. The van der Waals surface area contributed by atoms with Crippen LogP contribution in [0.15, 0.2) is 39.9 Å². The molecule has 2 aliphatic rings. The van der Waals surface area contributed by atoms with Crippen LogP contribution >= 0.6 is 24.0 Å². The Morgan fingerprint density at radius 3 is 2.77 bits per heavy atom. The van der Waals surface area contributed by atoms with Gasteiger partial charge < -0.3 is 24.1 Å². The number of hydrogen-bond acceptors (Lipinski definition) is 5. The first kappa shape index (κ1) is 23.9. The summed E-state index contributed by atoms with van der Waals surface area (Å²) in [5.41, 5.74) is 1.58. The van der Waals surface area contributed by atoms with Gasteiger partial charge >= 0.3 is 0 Å². The van der Waals surface area contributed by atoms with Gasteiger partial charge in [0.2, 0.25) is 5.89 Å². The average Bonchev–Trinajstić information content (AvgIpc) is 3.46. The van der Waals surface area contributed by atoms with E-state index in [-0.39, 0.29) is 42.0 Å². The molecule has 3 heterocycles. The summed E-state index contributed by atoms with van der Waals surface area (Å²) in [6.07, 6.45) is 4.77. The van der Waals surface area contributed by atoms with E-state index in [1.165, 1.54) is 12.1 Å². The fraction of sp³-hybridized carbons (Fsp3) is 0.545. The normalized spacial score (nSPS) is 21.7. The van der Waals surface area contributed by atoms with E-state index in [1.54, 1.807) is 18.4 Å². The average molecular weight is 544 g/mol. The van der Waals surface area contributed by atoms with Gasteiger partial charge in [0.25, 0.3) is 0 Å². The molecular weight excluding hydrogens is 514 g/mol. The largest absolute Gasteiger partial charge is 0.444 e. The van der Waals surface area contributed by atoms with Crippen LogP contribution in [0, 0.1) is 5.82 Å². The third-order valence-electron chi connectivity index (χ3n) is 5.38. The summed E-state index contributed by atoms with van der Waals surface area (Å²) in [6.45, 7) is 6.58. The molecule has 7 nitrogen and oxygen atoms in total. The Hall–Kier alpha value is -1.72. The summed E-state index contributed by atoms with van der Waals surface area (Å²) in [5, 5.41) is 3.39. The van der Waals surface area contributed by atoms with Crippen LogP contribution in [-0.4, -0.2) is 67.4 Å². The summed E-state index contributed by atoms with van der Waals surface area (Å²) in [6, 6.07) is 6.13. The van der Waals surface area contributed by atoms with Crippen LogP contribution in [0.3, 0.4) is 0 Å². The van der Waals surface area contributed by atoms with Crippen molar-refractivity contribution in [2.24, 2.45) is 4.99 Å². The van der Waals surface area contributed by atoms with Crippen molar-refractivity contribution in [2.75, 3.05) is 39.4 Å². The highest BCUT2D eigenvalue weighted by Gasteiger charge is 2.32. The number of oxazole rings is 1. The van der Waals surface area contributed by atoms with Gasteiger partial charge in [0, 0.05) is 44.8 Å². The van der Waals surface area contributed by atoms with Crippen LogP contribution in [0.2, 0.25) is 0 Å². The zero-order valence-electron chi connectivity index (χ0n) is 17.8. The van der Waals surface area contributed by atoms with Crippen molar-refractivity contribution >= 4 is 29.9 Å². The zero-order chi connectivity index (χ0) is 20.8. The third kappa shape index (κ3) is 6.39. The Morgan fingerprint density at radius 1 is 1.23 bits per heavy atom. The number of halogens is 2. The number of guanidine groups is 1. The fourth-order valence-corrected chi connectivity index (χ4v) is 3.84. The van der Waals surface area contributed by atoms with Gasteiger partial charge in [-0.25, -0.2) is 9.37 Å². The molecule has 1 N–H and O–H groups in total. The van der Waals surface area contributed by atoms with E-state index < -0.39 is 0 Å². The summed E-state index contributed by atoms with van der Waals surface area (Å²) in [7, 11) is 0. The van der Waals surface area contributed by atoms with Gasteiger partial charge in [-0.1, -0.05) is 0 Å². The maximum Gasteiger partial charge on any atom is 0.226 e. The van der Waals surface area contributed by atoms with E-state index in [4.69, 9.17) is 18.9 Å². The molecule has 9 heteroatoms. The minimum absolute atomic E-state index is 0. The quantitative estimate of drug-likeness (QED) is 0.341. The minimum atomic E-state index is -0.277. The van der Waals surface area contributed by atoms with Gasteiger partial charge in [-0.15, -0.1) is 24.0 Å².